The molecule has 1 aliphatic rings. The van der Waals surface area contributed by atoms with E-state index in [1.54, 1.807) is 0 Å². The maximum atomic E-state index is 4.14. The highest BCUT2D eigenvalue weighted by atomic mass is 15.4. The summed E-state index contributed by atoms with van der Waals surface area (Å²) < 4.78 is 4.36. The van der Waals surface area contributed by atoms with Gasteiger partial charge in [-0.1, -0.05) is 0 Å². The molecule has 64 valence electrons. The van der Waals surface area contributed by atoms with E-state index in [-0.39, 0.29) is 0 Å². The Bertz CT molecular complexity index is 459. The van der Waals surface area contributed by atoms with E-state index in [0.29, 0.717) is 6.04 Å². The van der Waals surface area contributed by atoms with Crippen LogP contribution in [0.1, 0.15) is 18.5 Å². The van der Waals surface area contributed by atoms with E-state index in [1.807, 2.05) is 12.4 Å². The Morgan fingerprint density at radius 2 is 2.46 bits per heavy atom. The van der Waals surface area contributed by atoms with Gasteiger partial charge in [-0.2, -0.15) is 0 Å². The van der Waals surface area contributed by atoms with Crippen molar-refractivity contribution in [1.29, 1.82) is 0 Å². The molecule has 0 N–H and O–H groups in total. The SMILES string of the molecule is CC1c2cnccc2-n2ccc[n+]21. The first-order valence-electron chi connectivity index (χ1n) is 4.41. The first-order valence-corrected chi connectivity index (χ1v) is 4.41. The molecule has 0 spiro atoms. The molecule has 13 heavy (non-hydrogen) atoms. The molecule has 1 unspecified atom stereocenters. The van der Waals surface area contributed by atoms with Crippen molar-refractivity contribution in [1.82, 2.24) is 9.67 Å². The maximum absolute atomic E-state index is 4.14. The summed E-state index contributed by atoms with van der Waals surface area (Å²) >= 11 is 0. The molecule has 0 saturated carbocycles. The van der Waals surface area contributed by atoms with E-state index < -0.39 is 0 Å². The summed E-state index contributed by atoms with van der Waals surface area (Å²) in [5.74, 6) is 0. The van der Waals surface area contributed by atoms with E-state index in [1.165, 1.54) is 11.3 Å². The number of hydrogen-bond acceptors (Lipinski definition) is 1. The molecule has 1 aliphatic heterocycles. The van der Waals surface area contributed by atoms with Crippen LogP contribution in [0.3, 0.4) is 0 Å². The molecule has 0 saturated heterocycles. The average Bonchev–Trinajstić information content (AvgIpc) is 2.72. The van der Waals surface area contributed by atoms with Crippen LogP contribution in [-0.4, -0.2) is 9.67 Å². The third-order valence-electron chi connectivity index (χ3n) is 2.64. The summed E-state index contributed by atoms with van der Waals surface area (Å²) in [6.07, 6.45) is 7.94. The summed E-state index contributed by atoms with van der Waals surface area (Å²) in [6, 6.07) is 4.51. The Morgan fingerprint density at radius 1 is 1.54 bits per heavy atom. The summed E-state index contributed by atoms with van der Waals surface area (Å²) in [6.45, 7) is 2.18. The third kappa shape index (κ3) is 0.736. The largest absolute Gasteiger partial charge is 0.264 e. The lowest BCUT2D eigenvalue weighted by Crippen LogP contribution is -2.39. The van der Waals surface area contributed by atoms with Gasteiger partial charge in [0.15, 0.2) is 6.20 Å². The second kappa shape index (κ2) is 2.19. The Morgan fingerprint density at radius 3 is 3.38 bits per heavy atom. The molecule has 3 nitrogen and oxygen atoms in total. The van der Waals surface area contributed by atoms with Crippen molar-refractivity contribution in [2.75, 3.05) is 0 Å². The Balaban J connectivity index is 2.37. The molecule has 3 heteroatoms. The van der Waals surface area contributed by atoms with Gasteiger partial charge >= 0.3 is 0 Å². The van der Waals surface area contributed by atoms with Crippen molar-refractivity contribution in [2.24, 2.45) is 0 Å². The summed E-state index contributed by atoms with van der Waals surface area (Å²) in [5.41, 5.74) is 2.54. The summed E-state index contributed by atoms with van der Waals surface area (Å²) in [4.78, 5) is 4.14. The molecule has 2 aromatic rings. The number of pyridine rings is 1. The maximum Gasteiger partial charge on any atom is 0.208 e. The quantitative estimate of drug-likeness (QED) is 0.545. The predicted octanol–water partition coefficient (Wildman–Crippen LogP) is 1.08. The van der Waals surface area contributed by atoms with Crippen LogP contribution in [-0.2, 0) is 0 Å². The zero-order valence-corrected chi connectivity index (χ0v) is 7.38. The van der Waals surface area contributed by atoms with Crippen molar-refractivity contribution in [3.05, 3.63) is 42.5 Å². The standard InChI is InChI=1S/C10H10N3/c1-8-9-7-11-4-3-10(9)13-6-2-5-12(8)13/h2-8H,1H3/q+1. The second-order valence-electron chi connectivity index (χ2n) is 3.33. The van der Waals surface area contributed by atoms with Crippen LogP contribution < -0.4 is 4.68 Å². The van der Waals surface area contributed by atoms with E-state index in [2.05, 4.69) is 45.8 Å². The van der Waals surface area contributed by atoms with Crippen molar-refractivity contribution < 1.29 is 4.68 Å². The Labute approximate surface area is 76.2 Å². The van der Waals surface area contributed by atoms with Crippen molar-refractivity contribution in [2.45, 2.75) is 13.0 Å². The normalized spacial score (nSPS) is 18.4. The highest BCUT2D eigenvalue weighted by Gasteiger charge is 2.31. The van der Waals surface area contributed by atoms with Crippen LogP contribution >= 0.6 is 0 Å². The minimum Gasteiger partial charge on any atom is -0.264 e. The first-order chi connectivity index (χ1) is 6.38. The first kappa shape index (κ1) is 6.83. The Hall–Kier alpha value is -1.64. The lowest BCUT2D eigenvalue weighted by Gasteiger charge is -1.94. The number of hydrogen-bond donors (Lipinski definition) is 0. The fourth-order valence-corrected chi connectivity index (χ4v) is 1.95. The molecule has 0 aromatic carbocycles. The highest BCUT2D eigenvalue weighted by Crippen LogP contribution is 2.24. The summed E-state index contributed by atoms with van der Waals surface area (Å²) in [7, 11) is 0. The van der Waals surface area contributed by atoms with Crippen molar-refractivity contribution in [3.8, 4) is 5.69 Å². The zero-order chi connectivity index (χ0) is 8.84. The van der Waals surface area contributed by atoms with Crippen LogP contribution in [0.2, 0.25) is 0 Å². The third-order valence-corrected chi connectivity index (χ3v) is 2.64. The van der Waals surface area contributed by atoms with Gasteiger partial charge in [-0.25, -0.2) is 0 Å². The van der Waals surface area contributed by atoms with Crippen molar-refractivity contribution in [3.63, 3.8) is 0 Å². The number of rotatable bonds is 0. The molecule has 0 amide bonds. The van der Waals surface area contributed by atoms with Gasteiger partial charge in [0.1, 0.15) is 5.69 Å². The molecule has 0 radical (unpaired) electrons. The predicted molar refractivity (Wildman–Crippen MR) is 47.6 cm³/mol. The number of aromatic nitrogens is 3. The van der Waals surface area contributed by atoms with E-state index in [9.17, 15) is 0 Å². The fraction of sp³-hybridized carbons (Fsp3) is 0.200. The van der Waals surface area contributed by atoms with Gasteiger partial charge in [0.25, 0.3) is 0 Å². The van der Waals surface area contributed by atoms with Gasteiger partial charge in [0.05, 0.1) is 11.8 Å². The molecular weight excluding hydrogens is 162 g/mol. The molecule has 0 bridgehead atoms. The van der Waals surface area contributed by atoms with Crippen LogP contribution in [0.5, 0.6) is 0 Å². The van der Waals surface area contributed by atoms with Gasteiger partial charge < -0.3 is 0 Å². The van der Waals surface area contributed by atoms with Gasteiger partial charge in [0.2, 0.25) is 6.04 Å². The molecular formula is C10H10N3+. The van der Waals surface area contributed by atoms with Crippen LogP contribution in [0.15, 0.2) is 36.9 Å². The zero-order valence-electron chi connectivity index (χ0n) is 7.38. The lowest BCUT2D eigenvalue weighted by atomic mass is 10.1. The molecule has 0 fully saturated rings. The Kier molecular flexibility index (Phi) is 1.15. The van der Waals surface area contributed by atoms with E-state index in [4.69, 9.17) is 0 Å². The highest BCUT2D eigenvalue weighted by molar-refractivity contribution is 5.40. The van der Waals surface area contributed by atoms with Gasteiger partial charge in [-0.3, -0.25) is 4.98 Å². The topological polar surface area (TPSA) is 21.7 Å². The number of nitrogens with zero attached hydrogens (tertiary/aromatic N) is 3. The second-order valence-corrected chi connectivity index (χ2v) is 3.33. The smallest absolute Gasteiger partial charge is 0.208 e. The van der Waals surface area contributed by atoms with Crippen LogP contribution in [0.25, 0.3) is 5.69 Å². The monoisotopic (exact) mass is 172 g/mol. The van der Waals surface area contributed by atoms with E-state index in [0.717, 1.165) is 0 Å². The van der Waals surface area contributed by atoms with Gasteiger partial charge in [-0.05, 0) is 6.07 Å². The van der Waals surface area contributed by atoms with Crippen LogP contribution in [0, 0.1) is 0 Å². The van der Waals surface area contributed by atoms with Gasteiger partial charge in [-0.15, -0.1) is 9.36 Å². The van der Waals surface area contributed by atoms with Crippen LogP contribution in [0.4, 0.5) is 0 Å². The lowest BCUT2D eigenvalue weighted by molar-refractivity contribution is -0.770. The average molecular weight is 172 g/mol. The fourth-order valence-electron chi connectivity index (χ4n) is 1.95. The molecule has 1 atom stereocenters. The number of fused-ring (bicyclic) bond motifs is 3. The van der Waals surface area contributed by atoms with E-state index >= 15 is 0 Å². The summed E-state index contributed by atoms with van der Waals surface area (Å²) in [5, 5.41) is 0. The molecule has 2 aromatic heterocycles. The minimum absolute atomic E-state index is 0.402. The molecule has 0 aliphatic carbocycles. The van der Waals surface area contributed by atoms with Crippen molar-refractivity contribution >= 4 is 0 Å². The minimum atomic E-state index is 0.402. The molecule has 3 rings (SSSR count). The molecule has 3 heterocycles. The van der Waals surface area contributed by atoms with Gasteiger partial charge in [0, 0.05) is 25.4 Å².